The summed E-state index contributed by atoms with van der Waals surface area (Å²) in [7, 11) is 3.88. The number of benzene rings is 1. The number of hydrogen-bond acceptors (Lipinski definition) is 5. The number of aromatic nitrogens is 4. The Morgan fingerprint density at radius 3 is 2.51 bits per heavy atom. The molecule has 0 bridgehead atoms. The summed E-state index contributed by atoms with van der Waals surface area (Å²) in [6.07, 6.45) is 6.99. The number of pyridine rings is 1. The molecule has 1 saturated heterocycles. The molecule has 2 fully saturated rings. The zero-order chi connectivity index (χ0) is 24.3. The third-order valence-electron chi connectivity index (χ3n) is 7.45. The fourth-order valence-electron chi connectivity index (χ4n) is 5.60. The Morgan fingerprint density at radius 2 is 1.77 bits per heavy atom. The van der Waals surface area contributed by atoms with Crippen molar-refractivity contribution in [3.8, 4) is 0 Å². The van der Waals surface area contributed by atoms with Gasteiger partial charge >= 0.3 is 0 Å². The van der Waals surface area contributed by atoms with Crippen molar-refractivity contribution in [3.05, 3.63) is 47.4 Å². The minimum atomic E-state index is -0.152. The van der Waals surface area contributed by atoms with E-state index in [4.69, 9.17) is 0 Å². The lowest BCUT2D eigenvalue weighted by molar-refractivity contribution is 0.102. The van der Waals surface area contributed by atoms with E-state index in [1.165, 1.54) is 12.8 Å². The number of hydrogen-bond donors (Lipinski definition) is 2. The molecule has 3 aromatic heterocycles. The topological polar surface area (TPSA) is 80.0 Å². The molecule has 4 heterocycles. The van der Waals surface area contributed by atoms with Crippen LogP contribution in [-0.2, 0) is 14.1 Å². The van der Waals surface area contributed by atoms with Crippen LogP contribution < -0.4 is 15.5 Å². The summed E-state index contributed by atoms with van der Waals surface area (Å²) in [5, 5.41) is 13.7. The Bertz CT molecular complexity index is 1440. The number of aryl methyl sites for hydroxylation is 4. The van der Waals surface area contributed by atoms with Crippen molar-refractivity contribution in [1.29, 1.82) is 0 Å². The van der Waals surface area contributed by atoms with E-state index in [2.05, 4.69) is 31.7 Å². The monoisotopic (exact) mass is 471 g/mol. The first-order valence-corrected chi connectivity index (χ1v) is 12.6. The van der Waals surface area contributed by atoms with Gasteiger partial charge in [0.05, 0.1) is 16.8 Å². The predicted octanol–water partition coefficient (Wildman–Crippen LogP) is 4.05. The normalized spacial score (nSPS) is 17.0. The van der Waals surface area contributed by atoms with Gasteiger partial charge in [0.25, 0.3) is 5.91 Å². The van der Waals surface area contributed by atoms with E-state index in [0.717, 1.165) is 76.7 Å². The van der Waals surface area contributed by atoms with Gasteiger partial charge < -0.3 is 20.1 Å². The molecule has 35 heavy (non-hydrogen) atoms. The standard InChI is InChI=1S/C27H33N7O/c1-16-13-18-14-24(33(4)26(18)17(2)28-16)30-27(35)21-7-8-23(22-15-32(3)31-25(21)22)34-11-9-20(10-12-34)29-19-5-6-19/h7-8,13-15,19-20,29H,5-6,9-12H2,1-4H3,(H,30,35). The summed E-state index contributed by atoms with van der Waals surface area (Å²) in [5.74, 6) is 0.597. The maximum absolute atomic E-state index is 13.4. The van der Waals surface area contributed by atoms with Gasteiger partial charge in [-0.3, -0.25) is 14.5 Å². The molecule has 1 aromatic carbocycles. The highest BCUT2D eigenvalue weighted by Gasteiger charge is 2.28. The molecule has 8 nitrogen and oxygen atoms in total. The first-order valence-electron chi connectivity index (χ1n) is 12.6. The number of amides is 1. The average molecular weight is 472 g/mol. The first-order chi connectivity index (χ1) is 16.9. The molecule has 8 heteroatoms. The maximum atomic E-state index is 13.4. The Kier molecular flexibility index (Phi) is 5.29. The number of carbonyl (C=O) groups excluding carboxylic acids is 1. The van der Waals surface area contributed by atoms with E-state index in [0.29, 0.717) is 11.6 Å². The molecule has 0 unspecified atom stereocenters. The number of fused-ring (bicyclic) bond motifs is 2. The minimum Gasteiger partial charge on any atom is -0.371 e. The van der Waals surface area contributed by atoms with Crippen molar-refractivity contribution in [2.24, 2.45) is 14.1 Å². The average Bonchev–Trinajstić information content (AvgIpc) is 3.46. The van der Waals surface area contributed by atoms with Gasteiger partial charge in [0.2, 0.25) is 0 Å². The van der Waals surface area contributed by atoms with Crippen molar-refractivity contribution < 1.29 is 4.79 Å². The lowest BCUT2D eigenvalue weighted by atomic mass is 10.0. The molecule has 1 saturated carbocycles. The van der Waals surface area contributed by atoms with Gasteiger partial charge in [-0.2, -0.15) is 5.10 Å². The third-order valence-corrected chi connectivity index (χ3v) is 7.45. The van der Waals surface area contributed by atoms with Crippen LogP contribution in [0.5, 0.6) is 0 Å². The molecule has 0 atom stereocenters. The molecule has 1 aliphatic heterocycles. The van der Waals surface area contributed by atoms with Gasteiger partial charge in [-0.1, -0.05) is 0 Å². The number of nitrogens with zero attached hydrogens (tertiary/aromatic N) is 5. The van der Waals surface area contributed by atoms with E-state index in [1.54, 1.807) is 4.68 Å². The second-order valence-corrected chi connectivity index (χ2v) is 10.2. The zero-order valence-electron chi connectivity index (χ0n) is 20.9. The largest absolute Gasteiger partial charge is 0.371 e. The third kappa shape index (κ3) is 4.05. The number of nitrogens with one attached hydrogen (secondary N) is 2. The second kappa shape index (κ2) is 8.37. The quantitative estimate of drug-likeness (QED) is 0.459. The number of anilines is 2. The minimum absolute atomic E-state index is 0.152. The van der Waals surface area contributed by atoms with Gasteiger partial charge in [0.15, 0.2) is 0 Å². The lowest BCUT2D eigenvalue weighted by Gasteiger charge is -2.34. The summed E-state index contributed by atoms with van der Waals surface area (Å²) in [4.78, 5) is 20.5. The van der Waals surface area contributed by atoms with Crippen molar-refractivity contribution >= 4 is 39.2 Å². The molecule has 0 spiro atoms. The number of rotatable bonds is 5. The van der Waals surface area contributed by atoms with Crippen LogP contribution in [-0.4, -0.2) is 50.4 Å². The predicted molar refractivity (Wildman–Crippen MR) is 140 cm³/mol. The zero-order valence-corrected chi connectivity index (χ0v) is 20.9. The molecule has 0 radical (unpaired) electrons. The van der Waals surface area contributed by atoms with Gasteiger partial charge in [0, 0.05) is 67.6 Å². The van der Waals surface area contributed by atoms with Gasteiger partial charge in [-0.15, -0.1) is 0 Å². The van der Waals surface area contributed by atoms with Crippen LogP contribution in [0.1, 0.15) is 47.4 Å². The van der Waals surface area contributed by atoms with Crippen LogP contribution in [0.25, 0.3) is 21.8 Å². The fourth-order valence-corrected chi connectivity index (χ4v) is 5.60. The van der Waals surface area contributed by atoms with Gasteiger partial charge in [-0.25, -0.2) is 0 Å². The molecule has 2 aliphatic rings. The van der Waals surface area contributed by atoms with E-state index in [1.807, 2.05) is 56.9 Å². The van der Waals surface area contributed by atoms with E-state index in [9.17, 15) is 4.79 Å². The summed E-state index contributed by atoms with van der Waals surface area (Å²) < 4.78 is 3.81. The Labute approximate surface area is 205 Å². The van der Waals surface area contributed by atoms with Crippen molar-refractivity contribution in [3.63, 3.8) is 0 Å². The van der Waals surface area contributed by atoms with Crippen LogP contribution in [0.3, 0.4) is 0 Å². The molecule has 2 N–H and O–H groups in total. The van der Waals surface area contributed by atoms with Crippen LogP contribution in [0.4, 0.5) is 11.5 Å². The number of carbonyl (C=O) groups is 1. The van der Waals surface area contributed by atoms with Crippen molar-refractivity contribution in [1.82, 2.24) is 24.6 Å². The SMILES string of the molecule is Cc1cc2cc(NC(=O)c3ccc(N4CCC(NC5CC5)CC4)c4cn(C)nc34)n(C)c2c(C)n1. The highest BCUT2D eigenvalue weighted by atomic mass is 16.1. The Morgan fingerprint density at radius 1 is 1.03 bits per heavy atom. The molecule has 6 rings (SSSR count). The summed E-state index contributed by atoms with van der Waals surface area (Å²) in [6.45, 7) is 6.02. The summed E-state index contributed by atoms with van der Waals surface area (Å²) in [5.41, 5.74) is 5.45. The highest BCUT2D eigenvalue weighted by molar-refractivity contribution is 6.14. The van der Waals surface area contributed by atoms with Crippen molar-refractivity contribution in [2.45, 2.75) is 51.6 Å². The Hall–Kier alpha value is -3.39. The van der Waals surface area contributed by atoms with E-state index in [-0.39, 0.29) is 5.91 Å². The molecule has 1 amide bonds. The fraction of sp³-hybridized carbons (Fsp3) is 0.444. The molecule has 4 aromatic rings. The van der Waals surface area contributed by atoms with Crippen LogP contribution >= 0.6 is 0 Å². The first kappa shape index (κ1) is 22.1. The van der Waals surface area contributed by atoms with E-state index >= 15 is 0 Å². The van der Waals surface area contributed by atoms with Gasteiger partial charge in [0.1, 0.15) is 11.3 Å². The van der Waals surface area contributed by atoms with Crippen LogP contribution in [0, 0.1) is 13.8 Å². The summed E-state index contributed by atoms with van der Waals surface area (Å²) >= 11 is 0. The second-order valence-electron chi connectivity index (χ2n) is 10.2. The van der Waals surface area contributed by atoms with E-state index < -0.39 is 0 Å². The van der Waals surface area contributed by atoms with Crippen molar-refractivity contribution in [2.75, 3.05) is 23.3 Å². The van der Waals surface area contributed by atoms with Crippen LogP contribution in [0.2, 0.25) is 0 Å². The highest BCUT2D eigenvalue weighted by Crippen LogP contribution is 2.32. The molecular formula is C27H33N7O. The molecule has 182 valence electrons. The smallest absolute Gasteiger partial charge is 0.259 e. The number of piperidine rings is 1. The lowest BCUT2D eigenvalue weighted by Crippen LogP contribution is -2.43. The maximum Gasteiger partial charge on any atom is 0.259 e. The molecule has 1 aliphatic carbocycles. The Balaban J connectivity index is 1.28. The van der Waals surface area contributed by atoms with Gasteiger partial charge in [-0.05, 0) is 63.8 Å². The molecular weight excluding hydrogens is 438 g/mol. The van der Waals surface area contributed by atoms with Crippen LogP contribution in [0.15, 0.2) is 30.5 Å². The summed E-state index contributed by atoms with van der Waals surface area (Å²) in [6, 6.07) is 9.45.